The van der Waals surface area contributed by atoms with E-state index in [4.69, 9.17) is 4.42 Å². The van der Waals surface area contributed by atoms with Gasteiger partial charge in [0, 0.05) is 36.9 Å². The van der Waals surface area contributed by atoms with E-state index in [1.807, 2.05) is 12.1 Å². The number of nitrogens with one attached hydrogen (secondary N) is 1. The van der Waals surface area contributed by atoms with Crippen LogP contribution in [0.2, 0.25) is 0 Å². The molecule has 2 aromatic heterocycles. The highest BCUT2D eigenvalue weighted by Gasteiger charge is 2.25. The molecule has 0 bridgehead atoms. The lowest BCUT2D eigenvalue weighted by atomic mass is 10.0. The standard InChI is InChI=1S/C19H18FN3O2/c20-14-3-4-17-13(10-14)11-18(25-17)19(24)23-8-5-15(6-9-23)22-16-2-1-7-21-12-16/h1-4,7,10-12,15,22H,5-6,8-9H2. The van der Waals surface area contributed by atoms with Gasteiger partial charge < -0.3 is 14.6 Å². The van der Waals surface area contributed by atoms with Gasteiger partial charge in [-0.25, -0.2) is 4.39 Å². The average molecular weight is 339 g/mol. The number of carbonyl (C=O) groups excluding carboxylic acids is 1. The lowest BCUT2D eigenvalue weighted by Gasteiger charge is -2.32. The van der Waals surface area contributed by atoms with Crippen molar-refractivity contribution in [3.05, 3.63) is 60.4 Å². The fraction of sp³-hybridized carbons (Fsp3) is 0.263. The molecule has 0 unspecified atom stereocenters. The number of aromatic nitrogens is 1. The van der Waals surface area contributed by atoms with E-state index in [9.17, 15) is 9.18 Å². The minimum Gasteiger partial charge on any atom is -0.451 e. The van der Waals surface area contributed by atoms with E-state index in [2.05, 4.69) is 10.3 Å². The monoisotopic (exact) mass is 339 g/mol. The SMILES string of the molecule is O=C(c1cc2cc(F)ccc2o1)N1CCC(Nc2cccnc2)CC1. The molecule has 6 heteroatoms. The smallest absolute Gasteiger partial charge is 0.289 e. The van der Waals surface area contributed by atoms with Crippen LogP contribution in [-0.4, -0.2) is 34.9 Å². The van der Waals surface area contributed by atoms with Crippen LogP contribution in [0.1, 0.15) is 23.4 Å². The van der Waals surface area contributed by atoms with Crippen LogP contribution in [0.3, 0.4) is 0 Å². The van der Waals surface area contributed by atoms with E-state index in [0.717, 1.165) is 18.5 Å². The highest BCUT2D eigenvalue weighted by molar-refractivity contribution is 5.96. The zero-order chi connectivity index (χ0) is 17.2. The molecule has 0 saturated carbocycles. The number of likely N-dealkylation sites (tertiary alicyclic amines) is 1. The van der Waals surface area contributed by atoms with Gasteiger partial charge >= 0.3 is 0 Å². The number of rotatable bonds is 3. The quantitative estimate of drug-likeness (QED) is 0.791. The van der Waals surface area contributed by atoms with Gasteiger partial charge in [-0.05, 0) is 49.2 Å². The lowest BCUT2D eigenvalue weighted by Crippen LogP contribution is -2.42. The van der Waals surface area contributed by atoms with Crippen LogP contribution < -0.4 is 5.32 Å². The summed E-state index contributed by atoms with van der Waals surface area (Å²) in [5.41, 5.74) is 1.52. The summed E-state index contributed by atoms with van der Waals surface area (Å²) >= 11 is 0. The molecule has 25 heavy (non-hydrogen) atoms. The molecule has 1 aliphatic rings. The number of amides is 1. The Labute approximate surface area is 144 Å². The Hall–Kier alpha value is -2.89. The molecular formula is C19H18FN3O2. The van der Waals surface area contributed by atoms with E-state index in [1.54, 1.807) is 29.4 Å². The molecule has 3 heterocycles. The third-order valence-electron chi connectivity index (χ3n) is 4.50. The zero-order valence-electron chi connectivity index (χ0n) is 13.6. The van der Waals surface area contributed by atoms with E-state index < -0.39 is 0 Å². The number of hydrogen-bond donors (Lipinski definition) is 1. The third kappa shape index (κ3) is 3.33. The van der Waals surface area contributed by atoms with Crippen molar-refractivity contribution in [2.75, 3.05) is 18.4 Å². The van der Waals surface area contributed by atoms with Crippen LogP contribution in [0.5, 0.6) is 0 Å². The highest BCUT2D eigenvalue weighted by atomic mass is 19.1. The van der Waals surface area contributed by atoms with Crippen molar-refractivity contribution in [3.63, 3.8) is 0 Å². The third-order valence-corrected chi connectivity index (χ3v) is 4.50. The maximum atomic E-state index is 13.3. The summed E-state index contributed by atoms with van der Waals surface area (Å²) in [5.74, 6) is -0.217. The number of nitrogens with zero attached hydrogens (tertiary/aromatic N) is 2. The Kier molecular flexibility index (Phi) is 4.09. The minimum atomic E-state index is -0.338. The molecule has 0 aliphatic carbocycles. The molecular weight excluding hydrogens is 321 g/mol. The summed E-state index contributed by atoms with van der Waals surface area (Å²) in [5, 5.41) is 4.05. The number of benzene rings is 1. The fourth-order valence-electron chi connectivity index (χ4n) is 3.19. The van der Waals surface area contributed by atoms with Crippen molar-refractivity contribution in [2.24, 2.45) is 0 Å². The zero-order valence-corrected chi connectivity index (χ0v) is 13.6. The Morgan fingerprint density at radius 2 is 2.08 bits per heavy atom. The number of piperidine rings is 1. The number of halogens is 1. The molecule has 1 aromatic carbocycles. The number of carbonyl (C=O) groups is 1. The molecule has 5 nitrogen and oxygen atoms in total. The molecule has 4 rings (SSSR count). The van der Waals surface area contributed by atoms with Crippen LogP contribution in [0, 0.1) is 5.82 Å². The first-order valence-electron chi connectivity index (χ1n) is 8.34. The van der Waals surface area contributed by atoms with E-state index >= 15 is 0 Å². The van der Waals surface area contributed by atoms with Gasteiger partial charge in [-0.1, -0.05) is 0 Å². The molecule has 1 aliphatic heterocycles. The highest BCUT2D eigenvalue weighted by Crippen LogP contribution is 2.23. The predicted molar refractivity (Wildman–Crippen MR) is 93.0 cm³/mol. The van der Waals surface area contributed by atoms with Crippen LogP contribution in [-0.2, 0) is 0 Å². The average Bonchev–Trinajstić information content (AvgIpc) is 3.06. The maximum Gasteiger partial charge on any atom is 0.289 e. The van der Waals surface area contributed by atoms with Crippen molar-refractivity contribution >= 4 is 22.6 Å². The Morgan fingerprint density at radius 3 is 2.84 bits per heavy atom. The van der Waals surface area contributed by atoms with Crippen molar-refractivity contribution in [2.45, 2.75) is 18.9 Å². The van der Waals surface area contributed by atoms with Gasteiger partial charge in [0.25, 0.3) is 5.91 Å². The van der Waals surface area contributed by atoms with Crippen LogP contribution in [0.15, 0.2) is 53.2 Å². The Balaban J connectivity index is 1.40. The van der Waals surface area contributed by atoms with E-state index in [1.165, 1.54) is 12.1 Å². The topological polar surface area (TPSA) is 58.4 Å². The first kappa shape index (κ1) is 15.6. The van der Waals surface area contributed by atoms with Gasteiger partial charge in [0.15, 0.2) is 5.76 Å². The minimum absolute atomic E-state index is 0.142. The second-order valence-electron chi connectivity index (χ2n) is 6.25. The lowest BCUT2D eigenvalue weighted by molar-refractivity contribution is 0.0688. The van der Waals surface area contributed by atoms with Crippen molar-refractivity contribution in [3.8, 4) is 0 Å². The van der Waals surface area contributed by atoms with Gasteiger partial charge in [0.1, 0.15) is 11.4 Å². The Morgan fingerprint density at radius 1 is 1.24 bits per heavy atom. The van der Waals surface area contributed by atoms with Crippen LogP contribution in [0.25, 0.3) is 11.0 Å². The second kappa shape index (κ2) is 6.55. The number of anilines is 1. The van der Waals surface area contributed by atoms with Gasteiger partial charge in [0.05, 0.1) is 5.69 Å². The van der Waals surface area contributed by atoms with E-state index in [0.29, 0.717) is 30.1 Å². The van der Waals surface area contributed by atoms with Crippen molar-refractivity contribution < 1.29 is 13.6 Å². The largest absolute Gasteiger partial charge is 0.451 e. The number of pyridine rings is 1. The summed E-state index contributed by atoms with van der Waals surface area (Å²) in [7, 11) is 0. The number of fused-ring (bicyclic) bond motifs is 1. The van der Waals surface area contributed by atoms with Gasteiger partial charge in [0.2, 0.25) is 0 Å². The maximum absolute atomic E-state index is 13.3. The van der Waals surface area contributed by atoms with Crippen LogP contribution >= 0.6 is 0 Å². The summed E-state index contributed by atoms with van der Waals surface area (Å²) in [6.45, 7) is 1.31. The Bertz CT molecular complexity index is 886. The molecule has 0 spiro atoms. The molecule has 1 amide bonds. The molecule has 0 radical (unpaired) electrons. The summed E-state index contributed by atoms with van der Waals surface area (Å²) < 4.78 is 18.9. The molecule has 0 atom stereocenters. The van der Waals surface area contributed by atoms with E-state index in [-0.39, 0.29) is 17.5 Å². The van der Waals surface area contributed by atoms with Gasteiger partial charge in [-0.2, -0.15) is 0 Å². The summed E-state index contributed by atoms with van der Waals surface area (Å²) in [6.07, 6.45) is 5.25. The molecule has 1 saturated heterocycles. The second-order valence-corrected chi connectivity index (χ2v) is 6.25. The summed E-state index contributed by atoms with van der Waals surface area (Å²) in [6, 6.07) is 10.1. The van der Waals surface area contributed by atoms with Crippen molar-refractivity contribution in [1.82, 2.24) is 9.88 Å². The van der Waals surface area contributed by atoms with Gasteiger partial charge in [-0.15, -0.1) is 0 Å². The first-order chi connectivity index (χ1) is 12.2. The van der Waals surface area contributed by atoms with Crippen LogP contribution in [0.4, 0.5) is 10.1 Å². The van der Waals surface area contributed by atoms with Crippen molar-refractivity contribution in [1.29, 1.82) is 0 Å². The fourth-order valence-corrected chi connectivity index (χ4v) is 3.19. The molecule has 3 aromatic rings. The predicted octanol–water partition coefficient (Wildman–Crippen LogP) is 3.68. The first-order valence-corrected chi connectivity index (χ1v) is 8.34. The number of furan rings is 1. The normalized spacial score (nSPS) is 15.5. The molecule has 128 valence electrons. The summed E-state index contributed by atoms with van der Waals surface area (Å²) in [4.78, 5) is 18.5. The molecule has 1 N–H and O–H groups in total. The van der Waals surface area contributed by atoms with Gasteiger partial charge in [-0.3, -0.25) is 9.78 Å². The number of hydrogen-bond acceptors (Lipinski definition) is 4. The molecule has 1 fully saturated rings.